The lowest BCUT2D eigenvalue weighted by Gasteiger charge is -2.40. The molecule has 0 spiro atoms. The molecule has 1 aliphatic heterocycles. The highest BCUT2D eigenvalue weighted by Gasteiger charge is 2.27. The fourth-order valence-corrected chi connectivity index (χ4v) is 2.98. The van der Waals surface area contributed by atoms with Crippen LogP contribution in [0.1, 0.15) is 5.56 Å². The Balaban J connectivity index is 1.25. The van der Waals surface area contributed by atoms with E-state index in [1.54, 1.807) is 12.4 Å². The van der Waals surface area contributed by atoms with Crippen molar-refractivity contribution in [3.05, 3.63) is 66.7 Å². The number of hydrogen-bond acceptors (Lipinski definition) is 6. The van der Waals surface area contributed by atoms with Crippen LogP contribution in [0.3, 0.4) is 0 Å². The molecular weight excluding hydrogens is 312 g/mol. The molecule has 126 valence electrons. The topological polar surface area (TPSA) is 66.8 Å². The minimum absolute atomic E-state index is 0.656. The molecule has 3 aromatic heterocycles. The van der Waals surface area contributed by atoms with Crippen molar-refractivity contribution >= 4 is 5.82 Å². The summed E-state index contributed by atoms with van der Waals surface area (Å²) in [5.41, 5.74) is 3.18. The molecule has 1 aliphatic rings. The summed E-state index contributed by atoms with van der Waals surface area (Å²) in [5, 5.41) is 12.2. The Morgan fingerprint density at radius 3 is 2.28 bits per heavy atom. The van der Waals surface area contributed by atoms with Gasteiger partial charge in [-0.15, -0.1) is 10.2 Å². The van der Waals surface area contributed by atoms with Gasteiger partial charge in [-0.1, -0.05) is 0 Å². The zero-order valence-electron chi connectivity index (χ0n) is 13.9. The molecule has 1 fully saturated rings. The fourth-order valence-electron chi connectivity index (χ4n) is 2.98. The van der Waals surface area contributed by atoms with E-state index in [0.29, 0.717) is 5.92 Å². The van der Waals surface area contributed by atoms with Crippen LogP contribution in [0.4, 0.5) is 5.82 Å². The predicted molar refractivity (Wildman–Crippen MR) is 96.9 cm³/mol. The average molecular weight is 332 g/mol. The van der Waals surface area contributed by atoms with E-state index in [1.165, 1.54) is 5.56 Å². The van der Waals surface area contributed by atoms with Crippen LogP contribution in [0.25, 0.3) is 11.3 Å². The Bertz CT molecular complexity index is 785. The van der Waals surface area contributed by atoms with Crippen molar-refractivity contribution in [3.8, 4) is 11.3 Å². The van der Waals surface area contributed by atoms with Crippen molar-refractivity contribution in [1.29, 1.82) is 0 Å². The number of rotatable bonds is 6. The maximum absolute atomic E-state index is 4.37. The molecule has 3 aromatic rings. The maximum Gasteiger partial charge on any atom is 0.151 e. The first-order valence-electron chi connectivity index (χ1n) is 8.47. The lowest BCUT2D eigenvalue weighted by Crippen LogP contribution is -2.51. The highest BCUT2D eigenvalue weighted by atomic mass is 15.3. The van der Waals surface area contributed by atoms with E-state index in [4.69, 9.17) is 0 Å². The van der Waals surface area contributed by atoms with Crippen LogP contribution < -0.4 is 10.2 Å². The van der Waals surface area contributed by atoms with Crippen LogP contribution in [0, 0.1) is 5.92 Å². The number of nitrogens with one attached hydrogen (secondary N) is 1. The Morgan fingerprint density at radius 1 is 0.880 bits per heavy atom. The molecule has 0 aromatic carbocycles. The average Bonchev–Trinajstić information content (AvgIpc) is 2.65. The first-order chi connectivity index (χ1) is 12.4. The van der Waals surface area contributed by atoms with Gasteiger partial charge in [0.15, 0.2) is 5.82 Å². The molecule has 0 aliphatic carbocycles. The largest absolute Gasteiger partial charge is 0.354 e. The molecule has 4 rings (SSSR count). The second-order valence-electron chi connectivity index (χ2n) is 6.27. The van der Waals surface area contributed by atoms with Gasteiger partial charge >= 0.3 is 0 Å². The summed E-state index contributed by atoms with van der Waals surface area (Å²) in [5.74, 6) is 1.60. The van der Waals surface area contributed by atoms with Gasteiger partial charge in [-0.05, 0) is 42.0 Å². The first kappa shape index (κ1) is 15.7. The third kappa shape index (κ3) is 3.80. The van der Waals surface area contributed by atoms with Crippen molar-refractivity contribution in [2.24, 2.45) is 5.92 Å². The molecule has 0 saturated carbocycles. The summed E-state index contributed by atoms with van der Waals surface area (Å²) in [7, 11) is 0. The molecule has 25 heavy (non-hydrogen) atoms. The van der Waals surface area contributed by atoms with Gasteiger partial charge in [-0.3, -0.25) is 9.97 Å². The lowest BCUT2D eigenvalue weighted by molar-refractivity contribution is 0.381. The van der Waals surface area contributed by atoms with E-state index in [1.807, 2.05) is 48.8 Å². The van der Waals surface area contributed by atoms with Crippen molar-refractivity contribution < 1.29 is 0 Å². The second kappa shape index (κ2) is 7.36. The van der Waals surface area contributed by atoms with Gasteiger partial charge in [-0.2, -0.15) is 0 Å². The summed E-state index contributed by atoms with van der Waals surface area (Å²) < 4.78 is 0. The first-order valence-corrected chi connectivity index (χ1v) is 8.47. The zero-order valence-corrected chi connectivity index (χ0v) is 13.9. The van der Waals surface area contributed by atoms with Crippen LogP contribution in [0.2, 0.25) is 0 Å². The van der Waals surface area contributed by atoms with Gasteiger partial charge in [-0.25, -0.2) is 0 Å². The van der Waals surface area contributed by atoms with E-state index in [0.717, 1.165) is 43.3 Å². The summed E-state index contributed by atoms with van der Waals surface area (Å²) in [6.07, 6.45) is 7.20. The molecule has 0 bridgehead atoms. The van der Waals surface area contributed by atoms with E-state index < -0.39 is 0 Å². The maximum atomic E-state index is 4.37. The molecule has 0 unspecified atom stereocenters. The smallest absolute Gasteiger partial charge is 0.151 e. The van der Waals surface area contributed by atoms with Crippen molar-refractivity contribution in [2.75, 3.05) is 24.5 Å². The van der Waals surface area contributed by atoms with E-state index in [2.05, 4.69) is 30.4 Å². The summed E-state index contributed by atoms with van der Waals surface area (Å²) in [4.78, 5) is 10.3. The molecule has 4 heterocycles. The van der Waals surface area contributed by atoms with Gasteiger partial charge in [0.2, 0.25) is 0 Å². The van der Waals surface area contributed by atoms with E-state index >= 15 is 0 Å². The fraction of sp³-hybridized carbons (Fsp3) is 0.263. The summed E-state index contributed by atoms with van der Waals surface area (Å²) in [6.45, 7) is 3.94. The van der Waals surface area contributed by atoms with Crippen LogP contribution in [0.5, 0.6) is 0 Å². The third-order valence-corrected chi connectivity index (χ3v) is 4.42. The third-order valence-electron chi connectivity index (χ3n) is 4.42. The molecule has 6 nitrogen and oxygen atoms in total. The van der Waals surface area contributed by atoms with Crippen molar-refractivity contribution in [2.45, 2.75) is 6.54 Å². The molecule has 0 radical (unpaired) electrons. The van der Waals surface area contributed by atoms with E-state index in [9.17, 15) is 0 Å². The van der Waals surface area contributed by atoms with Gasteiger partial charge in [0.05, 0.1) is 5.69 Å². The Labute approximate surface area is 147 Å². The Morgan fingerprint density at radius 2 is 1.60 bits per heavy atom. The highest BCUT2D eigenvalue weighted by Crippen LogP contribution is 2.23. The SMILES string of the molecule is c1cc(CNCC2CN(c3ccc(-c4ccncc4)nn3)C2)ccn1. The van der Waals surface area contributed by atoms with Gasteiger partial charge in [0.25, 0.3) is 0 Å². The highest BCUT2D eigenvalue weighted by molar-refractivity contribution is 5.59. The van der Waals surface area contributed by atoms with Crippen LogP contribution in [-0.2, 0) is 6.54 Å². The van der Waals surface area contributed by atoms with Crippen LogP contribution in [-0.4, -0.2) is 39.8 Å². The van der Waals surface area contributed by atoms with E-state index in [-0.39, 0.29) is 0 Å². The van der Waals surface area contributed by atoms with Crippen molar-refractivity contribution in [1.82, 2.24) is 25.5 Å². The minimum atomic E-state index is 0.656. The van der Waals surface area contributed by atoms with Crippen LogP contribution in [0.15, 0.2) is 61.2 Å². The van der Waals surface area contributed by atoms with Gasteiger partial charge < -0.3 is 10.2 Å². The predicted octanol–water partition coefficient (Wildman–Crippen LogP) is 2.16. The number of nitrogens with zero attached hydrogens (tertiary/aromatic N) is 5. The monoisotopic (exact) mass is 332 g/mol. The molecule has 1 N–H and O–H groups in total. The Hall–Kier alpha value is -2.86. The lowest BCUT2D eigenvalue weighted by atomic mass is 10.00. The zero-order chi connectivity index (χ0) is 16.9. The summed E-state index contributed by atoms with van der Waals surface area (Å²) >= 11 is 0. The number of pyridine rings is 2. The molecule has 0 atom stereocenters. The standard InChI is InChI=1S/C19H20N6/c1-2-19(24-23-18(1)17-5-9-21-10-6-17)25-13-16(14-25)12-22-11-15-3-7-20-8-4-15/h1-10,16,22H,11-14H2. The Kier molecular flexibility index (Phi) is 4.61. The number of aromatic nitrogens is 4. The normalized spacial score (nSPS) is 14.3. The molecule has 0 amide bonds. The van der Waals surface area contributed by atoms with Crippen LogP contribution >= 0.6 is 0 Å². The van der Waals surface area contributed by atoms with Crippen molar-refractivity contribution in [3.63, 3.8) is 0 Å². The second-order valence-corrected chi connectivity index (χ2v) is 6.27. The summed E-state index contributed by atoms with van der Waals surface area (Å²) in [6, 6.07) is 12.0. The van der Waals surface area contributed by atoms with Gasteiger partial charge in [0, 0.05) is 62.4 Å². The molecule has 6 heteroatoms. The van der Waals surface area contributed by atoms with Gasteiger partial charge in [0.1, 0.15) is 0 Å². The number of anilines is 1. The number of hydrogen-bond donors (Lipinski definition) is 1. The molecular formula is C19H20N6. The minimum Gasteiger partial charge on any atom is -0.354 e. The molecule has 1 saturated heterocycles. The quantitative estimate of drug-likeness (QED) is 0.746.